The molecule has 2 aromatic carbocycles. The minimum absolute atomic E-state index is 0.200. The van der Waals surface area contributed by atoms with Crippen molar-refractivity contribution in [3.05, 3.63) is 57.6 Å². The van der Waals surface area contributed by atoms with Crippen molar-refractivity contribution in [2.24, 2.45) is 5.73 Å². The lowest BCUT2D eigenvalue weighted by molar-refractivity contribution is -0.249. The fraction of sp³-hybridized carbons (Fsp3) is 0.286. The number of hydrogen-bond donors (Lipinski definition) is 3. The smallest absolute Gasteiger partial charge is 0.404 e. The number of primary amides is 1. The van der Waals surface area contributed by atoms with E-state index >= 15 is 0 Å². The van der Waals surface area contributed by atoms with Gasteiger partial charge in [0.15, 0.2) is 0 Å². The molecular weight excluding hydrogens is 486 g/mol. The Morgan fingerprint density at radius 1 is 1.31 bits per heavy atom. The highest BCUT2D eigenvalue weighted by Gasteiger charge is 2.71. The van der Waals surface area contributed by atoms with Crippen molar-refractivity contribution >= 4 is 39.9 Å². The van der Waals surface area contributed by atoms with E-state index in [0.29, 0.717) is 17.5 Å². The summed E-state index contributed by atoms with van der Waals surface area (Å²) < 4.78 is 5.78. The molecule has 3 aliphatic heterocycles. The molecule has 0 aromatic heterocycles. The SMILES string of the molecule is NC(=O)OCC1c2c(O)cc(C=O)cc2N2CC3C(N3C(=O)c3ccc(Br)cc3)C1(O)O2. The minimum Gasteiger partial charge on any atom is -0.508 e. The molecule has 11 heteroatoms. The number of fused-ring (bicyclic) bond motifs is 6. The number of aromatic hydroxyl groups is 1. The number of ether oxygens (including phenoxy) is 1. The van der Waals surface area contributed by atoms with Crippen LogP contribution in [0.5, 0.6) is 5.75 Å². The van der Waals surface area contributed by atoms with Crippen LogP contribution < -0.4 is 10.8 Å². The number of carbonyl (C=O) groups is 3. The van der Waals surface area contributed by atoms with Gasteiger partial charge in [0.25, 0.3) is 5.91 Å². The second-order valence-corrected chi connectivity index (χ2v) is 8.82. The Labute approximate surface area is 190 Å². The number of aldehydes is 1. The van der Waals surface area contributed by atoms with Gasteiger partial charge in [-0.2, -0.15) is 0 Å². The van der Waals surface area contributed by atoms with Gasteiger partial charge in [-0.05, 0) is 36.4 Å². The molecule has 0 radical (unpaired) electrons. The molecular formula is C21H18BrN3O7. The van der Waals surface area contributed by atoms with Crippen molar-refractivity contribution in [1.82, 2.24) is 4.90 Å². The predicted molar refractivity (Wildman–Crippen MR) is 113 cm³/mol. The fourth-order valence-electron chi connectivity index (χ4n) is 4.67. The van der Waals surface area contributed by atoms with E-state index in [4.69, 9.17) is 15.3 Å². The molecule has 5 rings (SSSR count). The summed E-state index contributed by atoms with van der Waals surface area (Å²) in [6.45, 7) is -0.183. The molecule has 0 spiro atoms. The largest absolute Gasteiger partial charge is 0.508 e. The highest BCUT2D eigenvalue weighted by molar-refractivity contribution is 9.10. The molecule has 2 fully saturated rings. The Balaban J connectivity index is 1.56. The molecule has 0 aliphatic carbocycles. The van der Waals surface area contributed by atoms with Gasteiger partial charge in [0.1, 0.15) is 24.7 Å². The number of nitrogens with two attached hydrogens (primary N) is 1. The average molecular weight is 504 g/mol. The van der Waals surface area contributed by atoms with Gasteiger partial charge in [0.2, 0.25) is 5.79 Å². The lowest BCUT2D eigenvalue weighted by Crippen LogP contribution is -2.59. The van der Waals surface area contributed by atoms with E-state index in [1.807, 2.05) is 0 Å². The highest BCUT2D eigenvalue weighted by atomic mass is 79.9. The molecule has 4 unspecified atom stereocenters. The first kappa shape index (κ1) is 20.7. The maximum Gasteiger partial charge on any atom is 0.404 e. The Bertz CT molecular complexity index is 1140. The molecule has 3 heterocycles. The number of hydroxylamine groups is 1. The summed E-state index contributed by atoms with van der Waals surface area (Å²) in [7, 11) is 0. The molecule has 2 amide bonds. The van der Waals surface area contributed by atoms with Crippen molar-refractivity contribution in [1.29, 1.82) is 0 Å². The van der Waals surface area contributed by atoms with Crippen LogP contribution in [0.1, 0.15) is 32.2 Å². The summed E-state index contributed by atoms with van der Waals surface area (Å²) in [4.78, 5) is 43.1. The van der Waals surface area contributed by atoms with Crippen LogP contribution in [-0.4, -0.2) is 64.4 Å². The molecule has 2 bridgehead atoms. The molecule has 4 atom stereocenters. The van der Waals surface area contributed by atoms with E-state index in [2.05, 4.69) is 15.9 Å². The summed E-state index contributed by atoms with van der Waals surface area (Å²) in [5, 5.41) is 23.6. The number of phenols is 1. The normalized spacial score (nSPS) is 27.2. The molecule has 2 saturated heterocycles. The summed E-state index contributed by atoms with van der Waals surface area (Å²) in [6.07, 6.45) is -0.490. The molecule has 0 saturated carbocycles. The molecule has 166 valence electrons. The van der Waals surface area contributed by atoms with Crippen molar-refractivity contribution in [3.63, 3.8) is 0 Å². The van der Waals surface area contributed by atoms with Gasteiger partial charge >= 0.3 is 6.09 Å². The molecule has 10 nitrogen and oxygen atoms in total. The number of phenolic OH excluding ortho intramolecular Hbond substituents is 1. The van der Waals surface area contributed by atoms with Crippen molar-refractivity contribution in [2.75, 3.05) is 18.2 Å². The van der Waals surface area contributed by atoms with Crippen LogP contribution in [0.25, 0.3) is 0 Å². The van der Waals surface area contributed by atoms with Crippen molar-refractivity contribution in [2.45, 2.75) is 23.8 Å². The van der Waals surface area contributed by atoms with Crippen molar-refractivity contribution in [3.8, 4) is 5.75 Å². The van der Waals surface area contributed by atoms with Gasteiger partial charge in [-0.15, -0.1) is 0 Å². The number of carbonyl (C=O) groups excluding carboxylic acids is 3. The summed E-state index contributed by atoms with van der Waals surface area (Å²) in [5.41, 5.74) is 6.34. The summed E-state index contributed by atoms with van der Waals surface area (Å²) in [5.74, 6) is -3.61. The number of hydrogen-bond acceptors (Lipinski definition) is 8. The van der Waals surface area contributed by atoms with Gasteiger partial charge in [-0.25, -0.2) is 14.7 Å². The Hall–Kier alpha value is -3.15. The predicted octanol–water partition coefficient (Wildman–Crippen LogP) is 1.49. The van der Waals surface area contributed by atoms with Crippen molar-refractivity contribution < 1.29 is 34.2 Å². The Morgan fingerprint density at radius 2 is 2.03 bits per heavy atom. The van der Waals surface area contributed by atoms with Crippen LogP contribution in [0.15, 0.2) is 40.9 Å². The molecule has 4 N–H and O–H groups in total. The number of nitrogens with zero attached hydrogens (tertiary/aromatic N) is 2. The molecule has 3 aliphatic rings. The van der Waals surface area contributed by atoms with Crippen LogP contribution in [0.3, 0.4) is 0 Å². The third kappa shape index (κ3) is 3.04. The zero-order valence-electron chi connectivity index (χ0n) is 16.5. The topological polar surface area (TPSA) is 142 Å². The minimum atomic E-state index is -1.99. The number of benzene rings is 2. The van der Waals surface area contributed by atoms with E-state index in [0.717, 1.165) is 4.47 Å². The number of aliphatic hydroxyl groups is 1. The first-order chi connectivity index (χ1) is 15.2. The van der Waals surface area contributed by atoms with Gasteiger partial charge in [0.05, 0.1) is 24.2 Å². The third-order valence-electron chi connectivity index (χ3n) is 6.09. The van der Waals surface area contributed by atoms with E-state index < -0.39 is 36.5 Å². The third-order valence-corrected chi connectivity index (χ3v) is 6.62. The Kier molecular flexibility index (Phi) is 4.66. The highest BCUT2D eigenvalue weighted by Crippen LogP contribution is 2.57. The van der Waals surface area contributed by atoms with Crippen LogP contribution in [0.4, 0.5) is 10.5 Å². The second kappa shape index (κ2) is 7.19. The lowest BCUT2D eigenvalue weighted by atomic mass is 9.82. The molecule has 32 heavy (non-hydrogen) atoms. The van der Waals surface area contributed by atoms with E-state index in [-0.39, 0.29) is 29.3 Å². The van der Waals surface area contributed by atoms with Gasteiger partial charge < -0.3 is 25.6 Å². The van der Waals surface area contributed by atoms with Gasteiger partial charge in [-0.1, -0.05) is 15.9 Å². The van der Waals surface area contributed by atoms with Crippen LogP contribution in [0, 0.1) is 0 Å². The summed E-state index contributed by atoms with van der Waals surface area (Å²) in [6, 6.07) is 8.44. The first-order valence-corrected chi connectivity index (χ1v) is 10.6. The zero-order chi connectivity index (χ0) is 22.8. The van der Waals surface area contributed by atoms with Crippen LogP contribution in [0.2, 0.25) is 0 Å². The number of rotatable bonds is 4. The lowest BCUT2D eigenvalue weighted by Gasteiger charge is -2.47. The quantitative estimate of drug-likeness (QED) is 0.420. The standard InChI is InChI=1S/C21H18BrN3O7/c22-12-3-1-11(2-4-12)19(28)25-15-7-24-14-5-10(8-26)6-16(27)17(14)13(9-31-20(23)29)21(30,32-24)18(15)25/h1-6,8,13,15,18,27,30H,7,9H2,(H2,23,29). The van der Waals surface area contributed by atoms with Crippen LogP contribution >= 0.6 is 15.9 Å². The van der Waals surface area contributed by atoms with E-state index in [1.165, 1.54) is 22.1 Å². The first-order valence-electron chi connectivity index (χ1n) is 9.76. The van der Waals surface area contributed by atoms with E-state index in [1.54, 1.807) is 24.3 Å². The van der Waals surface area contributed by atoms with Crippen LogP contribution in [-0.2, 0) is 9.57 Å². The average Bonchev–Trinajstić information content (AvgIpc) is 3.49. The number of amides is 2. The monoisotopic (exact) mass is 503 g/mol. The van der Waals surface area contributed by atoms with E-state index in [9.17, 15) is 24.6 Å². The number of halogens is 1. The summed E-state index contributed by atoms with van der Waals surface area (Å²) >= 11 is 3.33. The van der Waals surface area contributed by atoms with Gasteiger partial charge in [0, 0.05) is 21.2 Å². The zero-order valence-corrected chi connectivity index (χ0v) is 18.1. The van der Waals surface area contributed by atoms with Gasteiger partial charge in [-0.3, -0.25) is 9.59 Å². The second-order valence-electron chi connectivity index (χ2n) is 7.91. The maximum absolute atomic E-state index is 13.2. The molecule has 2 aromatic rings. The number of anilines is 1. The maximum atomic E-state index is 13.2. The fourth-order valence-corrected chi connectivity index (χ4v) is 4.93. The Morgan fingerprint density at radius 3 is 2.69 bits per heavy atom.